The highest BCUT2D eigenvalue weighted by molar-refractivity contribution is 5.27. The van der Waals surface area contributed by atoms with E-state index < -0.39 is 12.5 Å². The normalized spacial score (nSPS) is 10.2. The van der Waals surface area contributed by atoms with Crippen LogP contribution in [-0.2, 0) is 6.42 Å². The fraction of sp³-hybridized carbons (Fsp3) is 0.333. The minimum Gasteiger partial charge on any atom is -0.505 e. The van der Waals surface area contributed by atoms with Crippen molar-refractivity contribution in [2.45, 2.75) is 12.8 Å². The monoisotopic (exact) mass is 172 g/mol. The van der Waals surface area contributed by atoms with Gasteiger partial charge in [-0.15, -0.1) is 0 Å². The molecule has 0 radical (unpaired) electrons. The number of aryl methyl sites for hydroxylation is 1. The highest BCUT2D eigenvalue weighted by Crippen LogP contribution is 2.16. The van der Waals surface area contributed by atoms with Crippen molar-refractivity contribution in [3.8, 4) is 5.75 Å². The Hall–Kier alpha value is -1.12. The van der Waals surface area contributed by atoms with Crippen molar-refractivity contribution in [3.63, 3.8) is 0 Å². The summed E-state index contributed by atoms with van der Waals surface area (Å²) in [5.41, 5.74) is 0.711. The number of hydrogen-bond acceptors (Lipinski definition) is 1. The molecule has 0 fully saturated rings. The molecule has 0 saturated heterocycles. The van der Waals surface area contributed by atoms with E-state index in [-0.39, 0.29) is 5.75 Å². The molecule has 12 heavy (non-hydrogen) atoms. The Kier molecular flexibility index (Phi) is 3.02. The van der Waals surface area contributed by atoms with Gasteiger partial charge in [-0.05, 0) is 30.5 Å². The van der Waals surface area contributed by atoms with Gasteiger partial charge in [0.25, 0.3) is 0 Å². The standard InChI is InChI=1S/C9H10F2O/c10-5-1-2-7-3-4-9(12)8(11)6-7/h3-4,6,12H,1-2,5H2. The van der Waals surface area contributed by atoms with Crippen molar-refractivity contribution in [2.24, 2.45) is 0 Å². The first kappa shape index (κ1) is 8.97. The molecule has 0 aliphatic carbocycles. The number of halogens is 2. The number of rotatable bonds is 3. The van der Waals surface area contributed by atoms with E-state index in [4.69, 9.17) is 5.11 Å². The van der Waals surface area contributed by atoms with Crippen LogP contribution in [0.15, 0.2) is 18.2 Å². The van der Waals surface area contributed by atoms with Crippen LogP contribution in [0.1, 0.15) is 12.0 Å². The van der Waals surface area contributed by atoms with E-state index in [9.17, 15) is 8.78 Å². The summed E-state index contributed by atoms with van der Waals surface area (Å²) in [5.74, 6) is -1.01. The lowest BCUT2D eigenvalue weighted by atomic mass is 10.1. The van der Waals surface area contributed by atoms with E-state index in [2.05, 4.69) is 0 Å². The van der Waals surface area contributed by atoms with Crippen LogP contribution in [-0.4, -0.2) is 11.8 Å². The third-order valence-electron chi connectivity index (χ3n) is 1.61. The molecule has 1 nitrogen and oxygen atoms in total. The van der Waals surface area contributed by atoms with Crippen LogP contribution in [0, 0.1) is 5.82 Å². The van der Waals surface area contributed by atoms with Crippen LogP contribution in [0.2, 0.25) is 0 Å². The lowest BCUT2D eigenvalue weighted by Crippen LogP contribution is -1.88. The molecule has 1 rings (SSSR count). The molecule has 0 aliphatic rings. The second-order valence-corrected chi connectivity index (χ2v) is 2.58. The number of aromatic hydroxyl groups is 1. The zero-order chi connectivity index (χ0) is 8.97. The predicted octanol–water partition coefficient (Wildman–Crippen LogP) is 2.43. The molecule has 0 amide bonds. The third-order valence-corrected chi connectivity index (χ3v) is 1.61. The third kappa shape index (κ3) is 2.19. The lowest BCUT2D eigenvalue weighted by molar-refractivity contribution is 0.431. The van der Waals surface area contributed by atoms with Crippen molar-refractivity contribution in [2.75, 3.05) is 6.67 Å². The number of phenolic OH excluding ortho intramolecular Hbond substituents is 1. The Morgan fingerprint density at radius 3 is 2.67 bits per heavy atom. The van der Waals surface area contributed by atoms with E-state index in [0.29, 0.717) is 18.4 Å². The molecule has 0 heterocycles. The van der Waals surface area contributed by atoms with Gasteiger partial charge in [0.05, 0.1) is 6.67 Å². The zero-order valence-electron chi connectivity index (χ0n) is 6.56. The summed E-state index contributed by atoms with van der Waals surface area (Å²) in [5, 5.41) is 8.82. The lowest BCUT2D eigenvalue weighted by Gasteiger charge is -1.99. The Morgan fingerprint density at radius 2 is 2.08 bits per heavy atom. The molecule has 0 aliphatic heterocycles. The topological polar surface area (TPSA) is 20.2 Å². The Morgan fingerprint density at radius 1 is 1.33 bits per heavy atom. The molecular weight excluding hydrogens is 162 g/mol. The first-order chi connectivity index (χ1) is 5.74. The highest BCUT2D eigenvalue weighted by atomic mass is 19.1. The molecule has 3 heteroatoms. The maximum absolute atomic E-state index is 12.7. The fourth-order valence-corrected chi connectivity index (χ4v) is 0.977. The van der Waals surface area contributed by atoms with Crippen molar-refractivity contribution >= 4 is 0 Å². The molecule has 66 valence electrons. The van der Waals surface area contributed by atoms with Gasteiger partial charge in [0, 0.05) is 0 Å². The van der Waals surface area contributed by atoms with Crippen LogP contribution < -0.4 is 0 Å². The van der Waals surface area contributed by atoms with Gasteiger partial charge in [-0.1, -0.05) is 6.07 Å². The summed E-state index contributed by atoms with van der Waals surface area (Å²) in [4.78, 5) is 0. The van der Waals surface area contributed by atoms with Gasteiger partial charge >= 0.3 is 0 Å². The number of benzene rings is 1. The van der Waals surface area contributed by atoms with Crippen LogP contribution >= 0.6 is 0 Å². The predicted molar refractivity (Wildman–Crippen MR) is 42.4 cm³/mol. The molecule has 0 spiro atoms. The maximum Gasteiger partial charge on any atom is 0.165 e. The fourth-order valence-electron chi connectivity index (χ4n) is 0.977. The number of phenols is 1. The number of alkyl halides is 1. The van der Waals surface area contributed by atoms with Gasteiger partial charge in [-0.2, -0.15) is 0 Å². The summed E-state index contributed by atoms with van der Waals surface area (Å²) < 4.78 is 24.4. The zero-order valence-corrected chi connectivity index (χ0v) is 6.56. The van der Waals surface area contributed by atoms with Gasteiger partial charge in [0.2, 0.25) is 0 Å². The van der Waals surface area contributed by atoms with E-state index in [1.165, 1.54) is 12.1 Å². The van der Waals surface area contributed by atoms with Crippen molar-refractivity contribution in [1.29, 1.82) is 0 Å². The smallest absolute Gasteiger partial charge is 0.165 e. The summed E-state index contributed by atoms with van der Waals surface area (Å²) >= 11 is 0. The van der Waals surface area contributed by atoms with Crippen LogP contribution in [0.4, 0.5) is 8.78 Å². The Labute approximate surface area is 69.7 Å². The molecule has 1 aromatic rings. The minimum absolute atomic E-state index is 0.362. The van der Waals surface area contributed by atoms with E-state index in [1.807, 2.05) is 0 Å². The van der Waals surface area contributed by atoms with Crippen molar-refractivity contribution < 1.29 is 13.9 Å². The molecular formula is C9H10F2O. The first-order valence-electron chi connectivity index (χ1n) is 3.77. The minimum atomic E-state index is -0.647. The second-order valence-electron chi connectivity index (χ2n) is 2.58. The van der Waals surface area contributed by atoms with Gasteiger partial charge in [-0.3, -0.25) is 4.39 Å². The van der Waals surface area contributed by atoms with Crippen LogP contribution in [0.3, 0.4) is 0 Å². The van der Waals surface area contributed by atoms with Crippen LogP contribution in [0.25, 0.3) is 0 Å². The average molecular weight is 172 g/mol. The van der Waals surface area contributed by atoms with E-state index in [0.717, 1.165) is 0 Å². The largest absolute Gasteiger partial charge is 0.505 e. The van der Waals surface area contributed by atoms with Crippen LogP contribution in [0.5, 0.6) is 5.75 Å². The summed E-state index contributed by atoms with van der Waals surface area (Å²) in [7, 11) is 0. The Bertz CT molecular complexity index is 261. The van der Waals surface area contributed by atoms with Gasteiger partial charge < -0.3 is 5.11 Å². The maximum atomic E-state index is 12.7. The highest BCUT2D eigenvalue weighted by Gasteiger charge is 2.00. The Balaban J connectivity index is 2.69. The van der Waals surface area contributed by atoms with Gasteiger partial charge in [0.1, 0.15) is 0 Å². The molecule has 0 saturated carbocycles. The van der Waals surface area contributed by atoms with Gasteiger partial charge in [-0.25, -0.2) is 4.39 Å². The quantitative estimate of drug-likeness (QED) is 0.742. The second kappa shape index (κ2) is 4.04. The molecule has 0 bridgehead atoms. The van der Waals surface area contributed by atoms with E-state index in [1.54, 1.807) is 6.07 Å². The first-order valence-corrected chi connectivity index (χ1v) is 3.77. The average Bonchev–Trinajstić information content (AvgIpc) is 2.07. The molecule has 0 unspecified atom stereocenters. The summed E-state index contributed by atoms with van der Waals surface area (Å²) in [6.07, 6.45) is 0.901. The summed E-state index contributed by atoms with van der Waals surface area (Å²) in [6.45, 7) is -0.400. The summed E-state index contributed by atoms with van der Waals surface area (Å²) in [6, 6.07) is 4.10. The van der Waals surface area contributed by atoms with Gasteiger partial charge in [0.15, 0.2) is 11.6 Å². The van der Waals surface area contributed by atoms with Crippen molar-refractivity contribution in [1.82, 2.24) is 0 Å². The molecule has 0 atom stereocenters. The molecule has 1 aromatic carbocycles. The number of hydrogen-bond donors (Lipinski definition) is 1. The molecule has 0 aromatic heterocycles. The SMILES string of the molecule is Oc1ccc(CCCF)cc1F. The van der Waals surface area contributed by atoms with Crippen molar-refractivity contribution in [3.05, 3.63) is 29.6 Å². The van der Waals surface area contributed by atoms with E-state index >= 15 is 0 Å². The molecule has 1 N–H and O–H groups in total.